The lowest BCUT2D eigenvalue weighted by Crippen LogP contribution is -2.20. The van der Waals surface area contributed by atoms with E-state index in [1.165, 1.54) is 31.7 Å². The van der Waals surface area contributed by atoms with Gasteiger partial charge in [0, 0.05) is 18.3 Å². The van der Waals surface area contributed by atoms with Gasteiger partial charge in [-0.15, -0.1) is 0 Å². The molecule has 104 valence electrons. The number of anilines is 1. The van der Waals surface area contributed by atoms with E-state index in [1.54, 1.807) is 12.1 Å². The lowest BCUT2D eigenvalue weighted by molar-refractivity contribution is -0.384. The Kier molecular flexibility index (Phi) is 4.64. The first kappa shape index (κ1) is 14.1. The molecule has 0 unspecified atom stereocenters. The third-order valence-corrected chi connectivity index (χ3v) is 4.19. The van der Waals surface area contributed by atoms with Crippen LogP contribution in [0.15, 0.2) is 18.2 Å². The number of hydrogen-bond donors (Lipinski definition) is 1. The molecule has 1 aliphatic carbocycles. The average Bonchev–Trinajstić information content (AvgIpc) is 2.39. The highest BCUT2D eigenvalue weighted by Crippen LogP contribution is 2.30. The Labute approximate surface area is 118 Å². The summed E-state index contributed by atoms with van der Waals surface area (Å²) < 4.78 is 0. The lowest BCUT2D eigenvalue weighted by atomic mass is 9.83. The molecule has 19 heavy (non-hydrogen) atoms. The molecule has 2 rings (SSSR count). The van der Waals surface area contributed by atoms with Gasteiger partial charge in [0.05, 0.1) is 4.92 Å². The summed E-state index contributed by atoms with van der Waals surface area (Å²) in [5.41, 5.74) is 0.735. The van der Waals surface area contributed by atoms with Crippen LogP contribution in [-0.2, 0) is 0 Å². The number of hydrogen-bond acceptors (Lipinski definition) is 3. The van der Waals surface area contributed by atoms with E-state index < -0.39 is 4.92 Å². The number of nitro benzene ring substituents is 1. The first-order valence-electron chi connectivity index (χ1n) is 6.74. The van der Waals surface area contributed by atoms with Crippen LogP contribution < -0.4 is 5.32 Å². The number of halogens is 1. The maximum absolute atomic E-state index is 10.8. The van der Waals surface area contributed by atoms with E-state index in [4.69, 9.17) is 11.6 Å². The summed E-state index contributed by atoms with van der Waals surface area (Å²) in [4.78, 5) is 10.4. The van der Waals surface area contributed by atoms with Gasteiger partial charge < -0.3 is 5.32 Å². The van der Waals surface area contributed by atoms with Gasteiger partial charge in [0.15, 0.2) is 0 Å². The fourth-order valence-electron chi connectivity index (χ4n) is 2.56. The molecule has 1 aliphatic rings. The predicted octanol–water partition coefficient (Wildman–Crippen LogP) is 4.49. The van der Waals surface area contributed by atoms with E-state index in [0.717, 1.165) is 18.2 Å². The van der Waals surface area contributed by atoms with Crippen LogP contribution in [-0.4, -0.2) is 11.5 Å². The summed E-state index contributed by atoms with van der Waals surface area (Å²) in [5, 5.41) is 14.3. The summed E-state index contributed by atoms with van der Waals surface area (Å²) in [6, 6.07) is 4.87. The number of nitrogens with zero attached hydrogens (tertiary/aromatic N) is 1. The second-order valence-electron chi connectivity index (χ2n) is 5.43. The first-order valence-corrected chi connectivity index (χ1v) is 7.12. The van der Waals surface area contributed by atoms with Crippen LogP contribution in [0.5, 0.6) is 0 Å². The van der Waals surface area contributed by atoms with E-state index in [1.807, 2.05) is 0 Å². The molecule has 5 heteroatoms. The first-order chi connectivity index (χ1) is 9.06. The maximum Gasteiger partial charge on any atom is 0.289 e. The van der Waals surface area contributed by atoms with Gasteiger partial charge in [0.1, 0.15) is 5.02 Å². The standard InChI is InChI=1S/C14H19ClN2O2/c1-10-2-4-11(5-3-10)9-16-12-6-7-13(15)14(8-12)17(18)19/h6-8,10-11,16H,2-5,9H2,1H3. The van der Waals surface area contributed by atoms with Gasteiger partial charge in [-0.3, -0.25) is 10.1 Å². The highest BCUT2D eigenvalue weighted by molar-refractivity contribution is 6.32. The van der Waals surface area contributed by atoms with Crippen molar-refractivity contribution in [3.05, 3.63) is 33.3 Å². The van der Waals surface area contributed by atoms with Crippen molar-refractivity contribution in [3.63, 3.8) is 0 Å². The van der Waals surface area contributed by atoms with Crippen molar-refractivity contribution >= 4 is 23.0 Å². The van der Waals surface area contributed by atoms with Crippen molar-refractivity contribution in [1.29, 1.82) is 0 Å². The monoisotopic (exact) mass is 282 g/mol. The Bertz CT molecular complexity index is 457. The van der Waals surface area contributed by atoms with Crippen LogP contribution in [0, 0.1) is 22.0 Å². The molecule has 1 fully saturated rings. The van der Waals surface area contributed by atoms with E-state index in [9.17, 15) is 10.1 Å². The quantitative estimate of drug-likeness (QED) is 0.654. The lowest BCUT2D eigenvalue weighted by Gasteiger charge is -2.26. The predicted molar refractivity (Wildman–Crippen MR) is 77.7 cm³/mol. The van der Waals surface area contributed by atoms with Gasteiger partial charge in [-0.05, 0) is 36.8 Å². The van der Waals surface area contributed by atoms with Crippen molar-refractivity contribution in [2.24, 2.45) is 11.8 Å². The Balaban J connectivity index is 1.92. The molecule has 0 atom stereocenters. The molecular formula is C14H19ClN2O2. The van der Waals surface area contributed by atoms with Gasteiger partial charge in [-0.25, -0.2) is 0 Å². The molecule has 1 aromatic rings. The molecule has 0 radical (unpaired) electrons. The van der Waals surface area contributed by atoms with Crippen molar-refractivity contribution in [2.75, 3.05) is 11.9 Å². The molecule has 1 saturated carbocycles. The van der Waals surface area contributed by atoms with Gasteiger partial charge >= 0.3 is 0 Å². The SMILES string of the molecule is CC1CCC(CNc2ccc(Cl)c([N+](=O)[O-])c2)CC1. The zero-order valence-electron chi connectivity index (χ0n) is 11.1. The van der Waals surface area contributed by atoms with Gasteiger partial charge in [-0.2, -0.15) is 0 Å². The molecule has 0 aromatic heterocycles. The summed E-state index contributed by atoms with van der Waals surface area (Å²) >= 11 is 5.79. The molecule has 0 heterocycles. The van der Waals surface area contributed by atoms with Crippen molar-refractivity contribution in [3.8, 4) is 0 Å². The largest absolute Gasteiger partial charge is 0.385 e. The Morgan fingerprint density at radius 1 is 1.37 bits per heavy atom. The summed E-state index contributed by atoms with van der Waals surface area (Å²) in [7, 11) is 0. The smallest absolute Gasteiger partial charge is 0.289 e. The molecule has 0 bridgehead atoms. The number of rotatable bonds is 4. The summed E-state index contributed by atoms with van der Waals surface area (Å²) in [5.74, 6) is 1.51. The molecule has 1 N–H and O–H groups in total. The van der Waals surface area contributed by atoms with Crippen molar-refractivity contribution < 1.29 is 4.92 Å². The van der Waals surface area contributed by atoms with Crippen LogP contribution in [0.4, 0.5) is 11.4 Å². The maximum atomic E-state index is 10.8. The average molecular weight is 283 g/mol. The fraction of sp³-hybridized carbons (Fsp3) is 0.571. The van der Waals surface area contributed by atoms with E-state index >= 15 is 0 Å². The summed E-state index contributed by atoms with van der Waals surface area (Å²) in [6.45, 7) is 3.18. The number of nitrogens with one attached hydrogen (secondary N) is 1. The molecule has 0 saturated heterocycles. The van der Waals surface area contributed by atoms with E-state index in [0.29, 0.717) is 5.92 Å². The van der Waals surface area contributed by atoms with Crippen molar-refractivity contribution in [1.82, 2.24) is 0 Å². The van der Waals surface area contributed by atoms with Crippen LogP contribution >= 0.6 is 11.6 Å². The fourth-order valence-corrected chi connectivity index (χ4v) is 2.74. The van der Waals surface area contributed by atoms with Gasteiger partial charge in [0.25, 0.3) is 5.69 Å². The second-order valence-corrected chi connectivity index (χ2v) is 5.84. The minimum absolute atomic E-state index is 0.0380. The highest BCUT2D eigenvalue weighted by Gasteiger charge is 2.18. The topological polar surface area (TPSA) is 55.2 Å². The van der Waals surface area contributed by atoms with Gasteiger partial charge in [-0.1, -0.05) is 31.4 Å². The minimum Gasteiger partial charge on any atom is -0.385 e. The van der Waals surface area contributed by atoms with Crippen LogP contribution in [0.3, 0.4) is 0 Å². The number of benzene rings is 1. The molecular weight excluding hydrogens is 264 g/mol. The number of nitro groups is 1. The van der Waals surface area contributed by atoms with Crippen LogP contribution in [0.1, 0.15) is 32.6 Å². The van der Waals surface area contributed by atoms with E-state index in [-0.39, 0.29) is 10.7 Å². The molecule has 0 aliphatic heterocycles. The zero-order chi connectivity index (χ0) is 13.8. The molecule has 0 spiro atoms. The van der Waals surface area contributed by atoms with Crippen LogP contribution in [0.2, 0.25) is 5.02 Å². The molecule has 1 aromatic carbocycles. The highest BCUT2D eigenvalue weighted by atomic mass is 35.5. The zero-order valence-corrected chi connectivity index (χ0v) is 11.8. The third-order valence-electron chi connectivity index (χ3n) is 3.87. The Hall–Kier alpha value is -1.29. The summed E-state index contributed by atoms with van der Waals surface area (Å²) in [6.07, 6.45) is 5.05. The van der Waals surface area contributed by atoms with Crippen LogP contribution in [0.25, 0.3) is 0 Å². The Morgan fingerprint density at radius 2 is 2.05 bits per heavy atom. The minimum atomic E-state index is -0.449. The van der Waals surface area contributed by atoms with Crippen molar-refractivity contribution in [2.45, 2.75) is 32.6 Å². The Morgan fingerprint density at radius 3 is 2.68 bits per heavy atom. The van der Waals surface area contributed by atoms with E-state index in [2.05, 4.69) is 12.2 Å². The normalized spacial score (nSPS) is 23.1. The molecule has 0 amide bonds. The van der Waals surface area contributed by atoms with Gasteiger partial charge in [0.2, 0.25) is 0 Å². The second kappa shape index (κ2) is 6.24. The third kappa shape index (κ3) is 3.83. The molecule has 4 nitrogen and oxygen atoms in total.